The van der Waals surface area contributed by atoms with Gasteiger partial charge in [0.25, 0.3) is 0 Å². The molecule has 1 aromatic heterocycles. The zero-order chi connectivity index (χ0) is 23.8. The van der Waals surface area contributed by atoms with E-state index in [1.807, 2.05) is 24.3 Å². The third kappa shape index (κ3) is 6.64. The van der Waals surface area contributed by atoms with Gasteiger partial charge in [0.2, 0.25) is 5.91 Å². The van der Waals surface area contributed by atoms with E-state index in [9.17, 15) is 4.79 Å². The Morgan fingerprint density at radius 3 is 2.71 bits per heavy atom. The number of piperidine rings is 1. The van der Waals surface area contributed by atoms with E-state index in [2.05, 4.69) is 81.7 Å². The second-order valence-corrected chi connectivity index (χ2v) is 9.30. The second kappa shape index (κ2) is 11.7. The fourth-order valence-corrected chi connectivity index (χ4v) is 4.53. The fourth-order valence-electron chi connectivity index (χ4n) is 4.53. The van der Waals surface area contributed by atoms with Crippen LogP contribution in [0.2, 0.25) is 0 Å². The van der Waals surface area contributed by atoms with Crippen LogP contribution in [0.5, 0.6) is 0 Å². The lowest BCUT2D eigenvalue weighted by Crippen LogP contribution is -2.43. The number of carbonyl (C=O) groups is 1. The monoisotopic (exact) mass is 457 g/mol. The lowest BCUT2D eigenvalue weighted by molar-refractivity contribution is -0.125. The number of hydrogen-bond donors (Lipinski definition) is 1. The molecule has 0 saturated carbocycles. The lowest BCUT2D eigenvalue weighted by atomic mass is 9.97. The average Bonchev–Trinajstić information content (AvgIpc) is 2.87. The molecule has 6 heteroatoms. The predicted octanol–water partition coefficient (Wildman–Crippen LogP) is 4.31. The number of rotatable bonds is 9. The molecule has 6 nitrogen and oxygen atoms in total. The molecule has 1 unspecified atom stereocenters. The SMILES string of the molecule is Cc1cccc(-c2ccc(N3CCCC(C(=O)NCCCN(C)Cc4ccccc4)C3)nn2)c1. The Morgan fingerprint density at radius 2 is 1.94 bits per heavy atom. The molecule has 0 radical (unpaired) electrons. The van der Waals surface area contributed by atoms with E-state index in [1.165, 1.54) is 11.1 Å². The van der Waals surface area contributed by atoms with Crippen LogP contribution in [0.15, 0.2) is 66.7 Å². The van der Waals surface area contributed by atoms with Crippen molar-refractivity contribution in [3.8, 4) is 11.3 Å². The molecule has 0 spiro atoms. The van der Waals surface area contributed by atoms with Crippen LogP contribution in [0, 0.1) is 12.8 Å². The maximum atomic E-state index is 12.8. The molecule has 178 valence electrons. The molecule has 34 heavy (non-hydrogen) atoms. The molecule has 0 bridgehead atoms. The predicted molar refractivity (Wildman–Crippen MR) is 138 cm³/mol. The number of hydrogen-bond acceptors (Lipinski definition) is 5. The second-order valence-electron chi connectivity index (χ2n) is 9.30. The van der Waals surface area contributed by atoms with E-state index in [0.29, 0.717) is 13.1 Å². The highest BCUT2D eigenvalue weighted by Gasteiger charge is 2.26. The number of nitrogens with zero attached hydrogens (tertiary/aromatic N) is 4. The van der Waals surface area contributed by atoms with Gasteiger partial charge in [-0.3, -0.25) is 4.79 Å². The molecular formula is C28H35N5O. The normalized spacial score (nSPS) is 16.0. The molecule has 1 fully saturated rings. The molecule has 1 aliphatic rings. The van der Waals surface area contributed by atoms with Gasteiger partial charge in [-0.05, 0) is 63.5 Å². The number of aryl methyl sites for hydroxylation is 1. The van der Waals surface area contributed by atoms with Crippen molar-refractivity contribution in [1.29, 1.82) is 0 Å². The maximum Gasteiger partial charge on any atom is 0.224 e. The summed E-state index contributed by atoms with van der Waals surface area (Å²) in [6, 6.07) is 22.8. The standard InChI is InChI=1S/C28H35N5O/c1-22-9-6-12-24(19-22)26-14-15-27(31-30-26)33-18-7-13-25(21-33)28(34)29-16-8-17-32(2)20-23-10-4-3-5-11-23/h3-6,9-12,14-15,19,25H,7-8,13,16-18,20-21H2,1-2H3,(H,29,34). The number of carbonyl (C=O) groups excluding carboxylic acids is 1. The van der Waals surface area contributed by atoms with Crippen LogP contribution in [0.3, 0.4) is 0 Å². The van der Waals surface area contributed by atoms with Gasteiger partial charge in [0.1, 0.15) is 0 Å². The highest BCUT2D eigenvalue weighted by molar-refractivity contribution is 5.79. The van der Waals surface area contributed by atoms with Crippen molar-refractivity contribution in [3.63, 3.8) is 0 Å². The fraction of sp³-hybridized carbons (Fsp3) is 0.393. The minimum atomic E-state index is -0.00551. The first-order chi connectivity index (χ1) is 16.6. The summed E-state index contributed by atoms with van der Waals surface area (Å²) in [5.41, 5.74) is 4.46. The van der Waals surface area contributed by atoms with Gasteiger partial charge in [-0.15, -0.1) is 10.2 Å². The molecule has 1 amide bonds. The molecular weight excluding hydrogens is 422 g/mol. The Bertz CT molecular complexity index is 1050. The number of anilines is 1. The molecule has 0 aliphatic carbocycles. The molecule has 2 heterocycles. The summed E-state index contributed by atoms with van der Waals surface area (Å²) in [5, 5.41) is 12.1. The van der Waals surface area contributed by atoms with Gasteiger partial charge in [0.05, 0.1) is 11.6 Å². The van der Waals surface area contributed by atoms with Crippen molar-refractivity contribution in [1.82, 2.24) is 20.4 Å². The van der Waals surface area contributed by atoms with E-state index in [1.54, 1.807) is 0 Å². The Labute approximate surface area is 203 Å². The third-order valence-corrected chi connectivity index (χ3v) is 6.39. The summed E-state index contributed by atoms with van der Waals surface area (Å²) in [7, 11) is 2.12. The summed E-state index contributed by atoms with van der Waals surface area (Å²) in [6.07, 6.45) is 2.85. The summed E-state index contributed by atoms with van der Waals surface area (Å²) in [4.78, 5) is 17.3. The zero-order valence-electron chi connectivity index (χ0n) is 20.3. The first-order valence-electron chi connectivity index (χ1n) is 12.2. The van der Waals surface area contributed by atoms with Crippen LogP contribution in [0.25, 0.3) is 11.3 Å². The van der Waals surface area contributed by atoms with Crippen molar-refractivity contribution in [2.45, 2.75) is 32.7 Å². The molecule has 1 atom stereocenters. The Morgan fingerprint density at radius 1 is 1.09 bits per heavy atom. The van der Waals surface area contributed by atoms with Gasteiger partial charge in [0.15, 0.2) is 5.82 Å². The van der Waals surface area contributed by atoms with Crippen molar-refractivity contribution >= 4 is 11.7 Å². The van der Waals surface area contributed by atoms with Crippen molar-refractivity contribution in [2.24, 2.45) is 5.92 Å². The minimum Gasteiger partial charge on any atom is -0.356 e. The van der Waals surface area contributed by atoms with E-state index < -0.39 is 0 Å². The smallest absolute Gasteiger partial charge is 0.224 e. The number of aromatic nitrogens is 2. The molecule has 4 rings (SSSR count). The Kier molecular flexibility index (Phi) is 8.26. The third-order valence-electron chi connectivity index (χ3n) is 6.39. The van der Waals surface area contributed by atoms with Crippen LogP contribution >= 0.6 is 0 Å². The summed E-state index contributed by atoms with van der Waals surface area (Å²) < 4.78 is 0. The molecule has 1 saturated heterocycles. The summed E-state index contributed by atoms with van der Waals surface area (Å²) in [6.45, 7) is 6.27. The van der Waals surface area contributed by atoms with Gasteiger partial charge >= 0.3 is 0 Å². The van der Waals surface area contributed by atoms with E-state index in [4.69, 9.17) is 0 Å². The quantitative estimate of drug-likeness (QED) is 0.485. The highest BCUT2D eigenvalue weighted by atomic mass is 16.1. The van der Waals surface area contributed by atoms with Crippen LogP contribution in [-0.4, -0.2) is 54.2 Å². The molecule has 3 aromatic rings. The first-order valence-corrected chi connectivity index (χ1v) is 12.2. The summed E-state index contributed by atoms with van der Waals surface area (Å²) >= 11 is 0. The molecule has 1 aliphatic heterocycles. The summed E-state index contributed by atoms with van der Waals surface area (Å²) in [5.74, 6) is 0.991. The Hall–Kier alpha value is -3.25. The number of benzene rings is 2. The number of amides is 1. The molecule has 2 aromatic carbocycles. The van der Waals surface area contributed by atoms with E-state index in [0.717, 1.165) is 56.0 Å². The van der Waals surface area contributed by atoms with Crippen LogP contribution in [0.1, 0.15) is 30.4 Å². The zero-order valence-corrected chi connectivity index (χ0v) is 20.3. The average molecular weight is 458 g/mol. The van der Waals surface area contributed by atoms with Crippen LogP contribution < -0.4 is 10.2 Å². The van der Waals surface area contributed by atoms with Crippen LogP contribution in [-0.2, 0) is 11.3 Å². The van der Waals surface area contributed by atoms with Crippen molar-refractivity contribution in [2.75, 3.05) is 38.1 Å². The van der Waals surface area contributed by atoms with Crippen molar-refractivity contribution in [3.05, 3.63) is 77.9 Å². The van der Waals surface area contributed by atoms with Crippen LogP contribution in [0.4, 0.5) is 5.82 Å². The van der Waals surface area contributed by atoms with E-state index >= 15 is 0 Å². The maximum absolute atomic E-state index is 12.8. The number of nitrogens with one attached hydrogen (secondary N) is 1. The van der Waals surface area contributed by atoms with Gasteiger partial charge in [-0.1, -0.05) is 54.1 Å². The van der Waals surface area contributed by atoms with Gasteiger partial charge in [-0.25, -0.2) is 0 Å². The van der Waals surface area contributed by atoms with Gasteiger partial charge in [-0.2, -0.15) is 0 Å². The minimum absolute atomic E-state index is 0.00551. The molecule has 1 N–H and O–H groups in total. The van der Waals surface area contributed by atoms with E-state index in [-0.39, 0.29) is 11.8 Å². The lowest BCUT2D eigenvalue weighted by Gasteiger charge is -2.32. The largest absolute Gasteiger partial charge is 0.356 e. The Balaban J connectivity index is 1.22. The first kappa shape index (κ1) is 23.9. The van der Waals surface area contributed by atoms with Gasteiger partial charge < -0.3 is 15.1 Å². The topological polar surface area (TPSA) is 61.4 Å². The highest BCUT2D eigenvalue weighted by Crippen LogP contribution is 2.24. The van der Waals surface area contributed by atoms with Gasteiger partial charge in [0, 0.05) is 31.7 Å². The van der Waals surface area contributed by atoms with Crippen molar-refractivity contribution < 1.29 is 4.79 Å².